The molecular formula is C13H21BrN2O3S. The molecule has 1 N–H and O–H groups in total. The molecule has 0 saturated heterocycles. The molecule has 20 heavy (non-hydrogen) atoms. The van der Waals surface area contributed by atoms with E-state index in [1.807, 2.05) is 12.1 Å². The Hall–Kier alpha value is -0.660. The van der Waals surface area contributed by atoms with Crippen LogP contribution in [0.2, 0.25) is 0 Å². The van der Waals surface area contributed by atoms with E-state index >= 15 is 0 Å². The molecule has 0 aliphatic heterocycles. The minimum absolute atomic E-state index is 0.0915. The van der Waals surface area contributed by atoms with Gasteiger partial charge in [0.25, 0.3) is 10.1 Å². The summed E-state index contributed by atoms with van der Waals surface area (Å²) >= 11 is 3.36. The average Bonchev–Trinajstić information content (AvgIpc) is 2.23. The number of rotatable bonds is 6. The molecule has 0 fully saturated rings. The van der Waals surface area contributed by atoms with Crippen molar-refractivity contribution in [3.63, 3.8) is 0 Å². The van der Waals surface area contributed by atoms with E-state index in [0.29, 0.717) is 12.8 Å². The molecule has 1 heterocycles. The Morgan fingerprint density at radius 3 is 2.55 bits per heavy atom. The van der Waals surface area contributed by atoms with E-state index in [1.54, 1.807) is 0 Å². The van der Waals surface area contributed by atoms with Crippen LogP contribution in [0.5, 0.6) is 0 Å². The van der Waals surface area contributed by atoms with Gasteiger partial charge in [-0.15, -0.1) is 0 Å². The second-order valence-electron chi connectivity index (χ2n) is 5.65. The van der Waals surface area contributed by atoms with E-state index < -0.39 is 10.1 Å². The number of nitrogens with one attached hydrogen (secondary N) is 1. The van der Waals surface area contributed by atoms with Gasteiger partial charge in [0.1, 0.15) is 10.4 Å². The molecule has 0 bridgehead atoms. The van der Waals surface area contributed by atoms with E-state index in [-0.39, 0.29) is 12.1 Å². The predicted molar refractivity (Wildman–Crippen MR) is 84.4 cm³/mol. The highest BCUT2D eigenvalue weighted by Crippen LogP contribution is 2.22. The number of anilines is 1. The predicted octanol–water partition coefficient (Wildman–Crippen LogP) is 2.96. The smallest absolute Gasteiger partial charge is 0.264 e. The van der Waals surface area contributed by atoms with Crippen LogP contribution in [0.1, 0.15) is 32.8 Å². The number of aryl methyl sites for hydroxylation is 1. The highest BCUT2D eigenvalue weighted by Gasteiger charge is 2.14. The Morgan fingerprint density at radius 2 is 2.00 bits per heavy atom. The molecule has 7 heteroatoms. The third-order valence-corrected chi connectivity index (χ3v) is 3.36. The van der Waals surface area contributed by atoms with E-state index in [1.165, 1.54) is 0 Å². The Balaban J connectivity index is 2.69. The van der Waals surface area contributed by atoms with Crippen LogP contribution < -0.4 is 5.32 Å². The number of nitrogens with zero attached hydrogens (tertiary/aromatic N) is 1. The molecule has 0 aliphatic carbocycles. The van der Waals surface area contributed by atoms with Crippen molar-refractivity contribution in [2.45, 2.75) is 39.2 Å². The van der Waals surface area contributed by atoms with Crippen molar-refractivity contribution in [1.29, 1.82) is 0 Å². The average molecular weight is 365 g/mol. The fraction of sp³-hybridized carbons (Fsp3) is 0.615. The first-order valence-corrected chi connectivity index (χ1v) is 8.96. The van der Waals surface area contributed by atoms with Crippen LogP contribution in [0.3, 0.4) is 0 Å². The van der Waals surface area contributed by atoms with Gasteiger partial charge in [-0.2, -0.15) is 8.42 Å². The van der Waals surface area contributed by atoms with E-state index in [4.69, 9.17) is 4.18 Å². The number of hydrogen-bond acceptors (Lipinski definition) is 5. The Morgan fingerprint density at radius 1 is 1.35 bits per heavy atom. The quantitative estimate of drug-likeness (QED) is 0.477. The molecule has 0 unspecified atom stereocenters. The summed E-state index contributed by atoms with van der Waals surface area (Å²) in [7, 11) is -3.36. The van der Waals surface area contributed by atoms with Gasteiger partial charge in [0, 0.05) is 5.54 Å². The molecule has 0 saturated carbocycles. The summed E-state index contributed by atoms with van der Waals surface area (Å²) in [5, 5.41) is 3.35. The topological polar surface area (TPSA) is 68.3 Å². The number of halogens is 1. The van der Waals surface area contributed by atoms with Crippen LogP contribution in [-0.2, 0) is 20.7 Å². The van der Waals surface area contributed by atoms with E-state index in [9.17, 15) is 8.42 Å². The zero-order valence-corrected chi connectivity index (χ0v) is 14.6. The highest BCUT2D eigenvalue weighted by atomic mass is 79.9. The summed E-state index contributed by atoms with van der Waals surface area (Å²) in [5.41, 5.74) is 0.950. The summed E-state index contributed by atoms with van der Waals surface area (Å²) in [6, 6.07) is 3.85. The lowest BCUT2D eigenvalue weighted by Crippen LogP contribution is -2.27. The van der Waals surface area contributed by atoms with Crippen LogP contribution in [0.15, 0.2) is 16.7 Å². The lowest BCUT2D eigenvalue weighted by atomic mass is 10.1. The summed E-state index contributed by atoms with van der Waals surface area (Å²) < 4.78 is 27.3. The molecule has 0 amide bonds. The third kappa shape index (κ3) is 7.21. The zero-order chi connectivity index (χ0) is 15.4. The first kappa shape index (κ1) is 17.4. The van der Waals surface area contributed by atoms with Gasteiger partial charge in [0.05, 0.1) is 12.9 Å². The number of pyridine rings is 1. The lowest BCUT2D eigenvalue weighted by molar-refractivity contribution is 0.316. The van der Waals surface area contributed by atoms with Crippen LogP contribution in [0, 0.1) is 0 Å². The summed E-state index contributed by atoms with van der Waals surface area (Å²) in [6.07, 6.45) is 2.38. The number of aromatic nitrogens is 1. The Labute approximate surface area is 129 Å². The van der Waals surface area contributed by atoms with E-state index in [2.05, 4.69) is 47.0 Å². The minimum Gasteiger partial charge on any atom is -0.365 e. The van der Waals surface area contributed by atoms with Gasteiger partial charge in [0.15, 0.2) is 0 Å². The van der Waals surface area contributed by atoms with Crippen molar-refractivity contribution in [3.05, 3.63) is 22.3 Å². The van der Waals surface area contributed by atoms with E-state index in [0.717, 1.165) is 22.2 Å². The van der Waals surface area contributed by atoms with Gasteiger partial charge in [-0.1, -0.05) is 6.07 Å². The molecule has 5 nitrogen and oxygen atoms in total. The van der Waals surface area contributed by atoms with Gasteiger partial charge in [-0.05, 0) is 61.2 Å². The molecule has 0 atom stereocenters. The van der Waals surface area contributed by atoms with Crippen LogP contribution >= 0.6 is 15.9 Å². The fourth-order valence-corrected chi connectivity index (χ4v) is 2.33. The highest BCUT2D eigenvalue weighted by molar-refractivity contribution is 9.10. The van der Waals surface area contributed by atoms with Crippen molar-refractivity contribution < 1.29 is 12.6 Å². The lowest BCUT2D eigenvalue weighted by Gasteiger charge is -2.23. The van der Waals surface area contributed by atoms with Crippen LogP contribution in [0.4, 0.5) is 5.82 Å². The van der Waals surface area contributed by atoms with Crippen molar-refractivity contribution in [1.82, 2.24) is 4.98 Å². The molecule has 1 aromatic rings. The Kier molecular flexibility index (Phi) is 5.97. The summed E-state index contributed by atoms with van der Waals surface area (Å²) in [6.45, 7) is 6.37. The molecule has 1 rings (SSSR count). The maximum Gasteiger partial charge on any atom is 0.264 e. The minimum atomic E-state index is -3.36. The number of hydrogen-bond donors (Lipinski definition) is 1. The fourth-order valence-electron chi connectivity index (χ4n) is 1.60. The van der Waals surface area contributed by atoms with Crippen molar-refractivity contribution in [3.8, 4) is 0 Å². The first-order valence-electron chi connectivity index (χ1n) is 6.35. The van der Waals surface area contributed by atoms with Crippen LogP contribution in [-0.4, -0.2) is 31.8 Å². The Bertz CT molecular complexity index is 553. The standard InChI is InChI=1S/C13H21BrN2O3S/c1-13(2,3)16-12-10(7-8-11(14)15-12)6-5-9-19-20(4,17)18/h7-8H,5-6,9H2,1-4H3,(H,15,16). The first-order chi connectivity index (χ1) is 9.07. The molecule has 0 radical (unpaired) electrons. The maximum atomic E-state index is 10.9. The molecular weight excluding hydrogens is 344 g/mol. The largest absolute Gasteiger partial charge is 0.365 e. The summed E-state index contributed by atoms with van der Waals surface area (Å²) in [5.74, 6) is 0.811. The monoisotopic (exact) mass is 364 g/mol. The second kappa shape index (κ2) is 6.87. The van der Waals surface area contributed by atoms with Gasteiger partial charge >= 0.3 is 0 Å². The van der Waals surface area contributed by atoms with Gasteiger partial charge in [-0.3, -0.25) is 4.18 Å². The zero-order valence-electron chi connectivity index (χ0n) is 12.2. The van der Waals surface area contributed by atoms with Crippen molar-refractivity contribution in [2.75, 3.05) is 18.2 Å². The SMILES string of the molecule is CC(C)(C)Nc1nc(Br)ccc1CCCOS(C)(=O)=O. The van der Waals surface area contributed by atoms with Crippen molar-refractivity contribution >= 4 is 31.9 Å². The molecule has 0 aromatic carbocycles. The van der Waals surface area contributed by atoms with Gasteiger partial charge in [0.2, 0.25) is 0 Å². The third-order valence-electron chi connectivity index (χ3n) is 2.33. The van der Waals surface area contributed by atoms with Gasteiger partial charge < -0.3 is 5.32 Å². The second-order valence-corrected chi connectivity index (χ2v) is 8.10. The van der Waals surface area contributed by atoms with Crippen LogP contribution in [0.25, 0.3) is 0 Å². The van der Waals surface area contributed by atoms with Gasteiger partial charge in [-0.25, -0.2) is 4.98 Å². The molecule has 1 aromatic heterocycles. The molecule has 0 spiro atoms. The molecule has 0 aliphatic rings. The summed E-state index contributed by atoms with van der Waals surface area (Å²) in [4.78, 5) is 4.43. The molecule has 114 valence electrons. The van der Waals surface area contributed by atoms with Crippen molar-refractivity contribution in [2.24, 2.45) is 0 Å². The maximum absolute atomic E-state index is 10.9. The normalized spacial score (nSPS) is 12.4.